The number of aliphatic hydroxyl groups is 1. The molecule has 0 saturated carbocycles. The van der Waals surface area contributed by atoms with Crippen molar-refractivity contribution < 1.29 is 43.6 Å². The van der Waals surface area contributed by atoms with Gasteiger partial charge in [0.2, 0.25) is 6.41 Å². The van der Waals surface area contributed by atoms with E-state index in [1.165, 1.54) is 25.1 Å². The number of anilines is 1. The molecule has 11 nitrogen and oxygen atoms in total. The molecule has 0 radical (unpaired) electrons. The van der Waals surface area contributed by atoms with Gasteiger partial charge in [-0.05, 0) is 38.3 Å². The molecule has 1 aliphatic rings. The SMILES string of the molecule is CCCCCC[C@H]1C(=O)O[C@H](C)[C@H](NC(=O)c2cccc(NC=O)c2O)C(O)O[C@@H](C)[C@@H]1OC(=O)CC(C)C. The molecule has 1 aromatic rings. The van der Waals surface area contributed by atoms with E-state index in [1.54, 1.807) is 6.92 Å². The third kappa shape index (κ3) is 9.21. The quantitative estimate of drug-likeness (QED) is 0.132. The number of aromatic hydroxyl groups is 1. The van der Waals surface area contributed by atoms with Gasteiger partial charge in [0.1, 0.15) is 18.2 Å². The number of amides is 2. The van der Waals surface area contributed by atoms with Crippen molar-refractivity contribution >= 4 is 29.9 Å². The Bertz CT molecular complexity index is 984. The second-order valence-corrected chi connectivity index (χ2v) is 10.3. The van der Waals surface area contributed by atoms with Crippen molar-refractivity contribution in [3.63, 3.8) is 0 Å². The zero-order valence-corrected chi connectivity index (χ0v) is 23.3. The number of carbonyl (C=O) groups is 4. The van der Waals surface area contributed by atoms with Gasteiger partial charge in [-0.25, -0.2) is 0 Å². The fraction of sp³-hybridized carbons (Fsp3) is 0.643. The predicted molar refractivity (Wildman–Crippen MR) is 143 cm³/mol. The molecule has 2 rings (SSSR count). The number of rotatable bonds is 12. The minimum atomic E-state index is -1.64. The number of para-hydroxylation sites is 1. The summed E-state index contributed by atoms with van der Waals surface area (Å²) in [5, 5.41) is 26.2. The molecular formula is C28H42N2O9. The number of phenolic OH excluding ortho intramolecular Hbond substituents is 1. The van der Waals surface area contributed by atoms with Crippen LogP contribution in [0, 0.1) is 11.8 Å². The number of esters is 2. The lowest BCUT2D eigenvalue weighted by Crippen LogP contribution is -2.52. The van der Waals surface area contributed by atoms with Gasteiger partial charge in [0.05, 0.1) is 23.3 Å². The van der Waals surface area contributed by atoms with E-state index in [9.17, 15) is 29.4 Å². The van der Waals surface area contributed by atoms with Crippen LogP contribution in [0.15, 0.2) is 18.2 Å². The summed E-state index contributed by atoms with van der Waals surface area (Å²) in [5.74, 6) is -3.15. The van der Waals surface area contributed by atoms with Crippen LogP contribution in [-0.4, -0.2) is 65.1 Å². The second-order valence-electron chi connectivity index (χ2n) is 10.3. The summed E-state index contributed by atoms with van der Waals surface area (Å²) in [6.45, 7) is 8.93. The highest BCUT2D eigenvalue weighted by Gasteiger charge is 2.43. The summed E-state index contributed by atoms with van der Waals surface area (Å²) >= 11 is 0. The fourth-order valence-corrected chi connectivity index (χ4v) is 4.53. The van der Waals surface area contributed by atoms with Crippen LogP contribution in [0.5, 0.6) is 5.75 Å². The second kappa shape index (κ2) is 15.4. The van der Waals surface area contributed by atoms with Crippen molar-refractivity contribution in [1.82, 2.24) is 5.32 Å². The van der Waals surface area contributed by atoms with Crippen LogP contribution in [-0.2, 0) is 28.6 Å². The smallest absolute Gasteiger partial charge is 0.313 e. The average molecular weight is 551 g/mol. The molecule has 4 N–H and O–H groups in total. The predicted octanol–water partition coefficient (Wildman–Crippen LogP) is 3.27. The van der Waals surface area contributed by atoms with E-state index in [-0.39, 0.29) is 23.6 Å². The number of unbranched alkanes of at least 4 members (excludes halogenated alkanes) is 3. The van der Waals surface area contributed by atoms with Gasteiger partial charge in [0.25, 0.3) is 5.91 Å². The van der Waals surface area contributed by atoms with E-state index in [0.717, 1.165) is 19.3 Å². The summed E-state index contributed by atoms with van der Waals surface area (Å²) in [6.07, 6.45) is -0.0769. The maximum absolute atomic E-state index is 13.4. The Morgan fingerprint density at radius 2 is 1.87 bits per heavy atom. The van der Waals surface area contributed by atoms with E-state index in [0.29, 0.717) is 19.3 Å². The minimum absolute atomic E-state index is 0.0222. The first-order valence-corrected chi connectivity index (χ1v) is 13.6. The van der Waals surface area contributed by atoms with E-state index in [1.807, 2.05) is 13.8 Å². The Morgan fingerprint density at radius 3 is 2.51 bits per heavy atom. The zero-order chi connectivity index (χ0) is 29.1. The van der Waals surface area contributed by atoms with Gasteiger partial charge >= 0.3 is 11.9 Å². The van der Waals surface area contributed by atoms with Crippen molar-refractivity contribution in [3.8, 4) is 5.75 Å². The number of phenols is 1. The summed E-state index contributed by atoms with van der Waals surface area (Å²) in [6, 6.07) is 2.98. The lowest BCUT2D eigenvalue weighted by Gasteiger charge is -2.31. The molecular weight excluding hydrogens is 508 g/mol. The van der Waals surface area contributed by atoms with Crippen LogP contribution in [0.3, 0.4) is 0 Å². The number of cyclic esters (lactones) is 1. The monoisotopic (exact) mass is 550 g/mol. The van der Waals surface area contributed by atoms with Gasteiger partial charge in [-0.1, -0.05) is 52.5 Å². The molecule has 2 amide bonds. The zero-order valence-electron chi connectivity index (χ0n) is 23.3. The molecule has 11 heteroatoms. The molecule has 218 valence electrons. The van der Waals surface area contributed by atoms with Gasteiger partial charge in [-0.2, -0.15) is 0 Å². The van der Waals surface area contributed by atoms with Gasteiger partial charge in [0, 0.05) is 6.42 Å². The number of carbonyl (C=O) groups excluding carboxylic acids is 4. The Kier molecular flexibility index (Phi) is 12.7. The summed E-state index contributed by atoms with van der Waals surface area (Å²) in [7, 11) is 0. The van der Waals surface area contributed by atoms with E-state index in [4.69, 9.17) is 14.2 Å². The Hall–Kier alpha value is -3.18. The molecule has 1 aromatic carbocycles. The highest BCUT2D eigenvalue weighted by molar-refractivity contribution is 5.99. The van der Waals surface area contributed by atoms with E-state index in [2.05, 4.69) is 17.6 Å². The molecule has 1 heterocycles. The maximum Gasteiger partial charge on any atom is 0.313 e. The summed E-state index contributed by atoms with van der Waals surface area (Å²) in [4.78, 5) is 49.8. The highest BCUT2D eigenvalue weighted by atomic mass is 16.6. The van der Waals surface area contributed by atoms with Gasteiger partial charge in [0.15, 0.2) is 12.0 Å². The molecule has 1 saturated heterocycles. The highest BCUT2D eigenvalue weighted by Crippen LogP contribution is 2.29. The normalized spacial score (nSPS) is 25.6. The van der Waals surface area contributed by atoms with Crippen molar-refractivity contribution in [3.05, 3.63) is 23.8 Å². The lowest BCUT2D eigenvalue weighted by atomic mass is 9.92. The Labute approximate surface area is 229 Å². The van der Waals surface area contributed by atoms with Crippen molar-refractivity contribution in [2.45, 2.75) is 104 Å². The number of hydrogen-bond acceptors (Lipinski definition) is 9. The number of nitrogens with one attached hydrogen (secondary N) is 2. The van der Waals surface area contributed by atoms with Crippen LogP contribution >= 0.6 is 0 Å². The third-order valence-corrected chi connectivity index (χ3v) is 6.64. The first-order valence-electron chi connectivity index (χ1n) is 13.6. The Morgan fingerprint density at radius 1 is 1.15 bits per heavy atom. The minimum Gasteiger partial charge on any atom is -0.505 e. The van der Waals surface area contributed by atoms with Crippen molar-refractivity contribution in [1.29, 1.82) is 0 Å². The van der Waals surface area contributed by atoms with Crippen LogP contribution in [0.1, 0.15) is 83.5 Å². The molecule has 1 fully saturated rings. The molecule has 0 spiro atoms. The lowest BCUT2D eigenvalue weighted by molar-refractivity contribution is -0.194. The van der Waals surface area contributed by atoms with Crippen LogP contribution < -0.4 is 10.6 Å². The Balaban J connectivity index is 2.33. The molecule has 0 aromatic heterocycles. The van der Waals surface area contributed by atoms with Gasteiger partial charge in [-0.15, -0.1) is 0 Å². The largest absolute Gasteiger partial charge is 0.505 e. The number of benzene rings is 1. The molecule has 1 aliphatic heterocycles. The molecule has 1 unspecified atom stereocenters. The fourth-order valence-electron chi connectivity index (χ4n) is 4.53. The molecule has 39 heavy (non-hydrogen) atoms. The number of aliphatic hydroxyl groups excluding tert-OH is 1. The van der Waals surface area contributed by atoms with Crippen LogP contribution in [0.4, 0.5) is 5.69 Å². The number of ether oxygens (including phenoxy) is 3. The van der Waals surface area contributed by atoms with Crippen molar-refractivity contribution in [2.24, 2.45) is 11.8 Å². The van der Waals surface area contributed by atoms with Crippen LogP contribution in [0.2, 0.25) is 0 Å². The molecule has 0 aliphatic carbocycles. The van der Waals surface area contributed by atoms with E-state index < -0.39 is 60.2 Å². The number of hydrogen-bond donors (Lipinski definition) is 4. The molecule has 0 bridgehead atoms. The van der Waals surface area contributed by atoms with Gasteiger partial charge < -0.3 is 35.1 Å². The molecule has 6 atom stereocenters. The summed E-state index contributed by atoms with van der Waals surface area (Å²) in [5.41, 5.74) is -0.149. The topological polar surface area (TPSA) is 160 Å². The first-order chi connectivity index (χ1) is 18.5. The van der Waals surface area contributed by atoms with Crippen molar-refractivity contribution in [2.75, 3.05) is 5.32 Å². The standard InChI is InChI=1S/C28H42N2O9/c1-6-7-8-9-11-20-25(39-22(32)14-16(2)3)18(5)38-28(36)23(17(4)37-27(20)35)30-26(34)19-12-10-13-21(24(19)33)29-15-31/h10,12-13,15-18,20,23,25,28,33,36H,6-9,11,14H2,1-5H3,(H,29,31)(H,30,34)/t17-,18+,20-,23+,25+,28?/m1/s1. The van der Waals surface area contributed by atoms with Crippen LogP contribution in [0.25, 0.3) is 0 Å². The summed E-state index contributed by atoms with van der Waals surface area (Å²) < 4.78 is 17.2. The maximum atomic E-state index is 13.4. The van der Waals surface area contributed by atoms with Gasteiger partial charge in [-0.3, -0.25) is 19.2 Å². The first kappa shape index (κ1) is 32.0. The van der Waals surface area contributed by atoms with E-state index >= 15 is 0 Å². The average Bonchev–Trinajstić information content (AvgIpc) is 2.88. The third-order valence-electron chi connectivity index (χ3n) is 6.64.